The Bertz CT molecular complexity index is 577. The summed E-state index contributed by atoms with van der Waals surface area (Å²) in [5.74, 6) is -0.916. The minimum Gasteiger partial charge on any atom is -0.495 e. The summed E-state index contributed by atoms with van der Waals surface area (Å²) in [6.45, 7) is 0. The lowest BCUT2D eigenvalue weighted by atomic mass is 10.2. The van der Waals surface area contributed by atoms with Crippen molar-refractivity contribution >= 4 is 22.1 Å². The van der Waals surface area contributed by atoms with E-state index in [1.165, 1.54) is 32.4 Å². The van der Waals surface area contributed by atoms with Crippen LogP contribution in [0.5, 0.6) is 5.75 Å². The molecule has 0 unspecified atom stereocenters. The summed E-state index contributed by atoms with van der Waals surface area (Å²) in [7, 11) is -1.01. The highest BCUT2D eigenvalue weighted by Gasteiger charge is 2.17. The largest absolute Gasteiger partial charge is 0.495 e. The molecule has 0 saturated carbocycles. The summed E-state index contributed by atoms with van der Waals surface area (Å²) < 4.78 is 30.6. The van der Waals surface area contributed by atoms with Gasteiger partial charge in [-0.15, -0.1) is 0 Å². The van der Waals surface area contributed by atoms with E-state index >= 15 is 0 Å². The molecule has 98 valence electrons. The first kappa shape index (κ1) is 14.2. The van der Waals surface area contributed by atoms with Crippen LogP contribution in [0.3, 0.4) is 0 Å². The minimum atomic E-state index is -3.66. The predicted molar refractivity (Wildman–Crippen MR) is 65.9 cm³/mol. The van der Waals surface area contributed by atoms with E-state index in [1.54, 1.807) is 6.07 Å². The molecule has 6 nitrogen and oxygen atoms in total. The van der Waals surface area contributed by atoms with Gasteiger partial charge in [-0.1, -0.05) is 6.07 Å². The first-order valence-electron chi connectivity index (χ1n) is 4.93. The van der Waals surface area contributed by atoms with Crippen molar-refractivity contribution in [2.45, 2.75) is 4.90 Å². The lowest BCUT2D eigenvalue weighted by molar-refractivity contribution is -0.131. The van der Waals surface area contributed by atoms with Gasteiger partial charge < -0.3 is 9.84 Å². The quantitative estimate of drug-likeness (QED) is 0.769. The van der Waals surface area contributed by atoms with E-state index in [9.17, 15) is 13.2 Å². The lowest BCUT2D eigenvalue weighted by Crippen LogP contribution is -2.19. The number of hydrogen-bond donors (Lipinski definition) is 2. The number of carbonyl (C=O) groups is 1. The normalized spacial score (nSPS) is 11.7. The van der Waals surface area contributed by atoms with Crippen LogP contribution in [-0.2, 0) is 14.8 Å². The summed E-state index contributed by atoms with van der Waals surface area (Å²) in [4.78, 5) is 10.4. The maximum atomic E-state index is 11.7. The van der Waals surface area contributed by atoms with Gasteiger partial charge in [0.2, 0.25) is 10.0 Å². The Labute approximate surface area is 105 Å². The van der Waals surface area contributed by atoms with Crippen LogP contribution in [0.15, 0.2) is 29.2 Å². The number of methoxy groups -OCH3 is 1. The fourth-order valence-corrected chi connectivity index (χ4v) is 2.21. The van der Waals surface area contributed by atoms with Crippen molar-refractivity contribution in [3.63, 3.8) is 0 Å². The third-order valence-corrected chi connectivity index (χ3v) is 3.60. The maximum absolute atomic E-state index is 11.7. The molecule has 1 aromatic carbocycles. The minimum absolute atomic E-state index is 0.0416. The van der Waals surface area contributed by atoms with Crippen molar-refractivity contribution in [3.8, 4) is 5.75 Å². The molecule has 0 aromatic heterocycles. The molecule has 0 fully saturated rings. The van der Waals surface area contributed by atoms with E-state index in [0.717, 1.165) is 6.08 Å². The molecule has 0 heterocycles. The number of carboxylic acid groups (broad SMARTS) is 1. The number of ether oxygens (including phenoxy) is 1. The number of aliphatic carboxylic acids is 1. The number of sulfonamides is 1. The number of carboxylic acids is 1. The fourth-order valence-electron chi connectivity index (χ4n) is 1.28. The molecular formula is C11H13NO5S. The Morgan fingerprint density at radius 1 is 1.44 bits per heavy atom. The van der Waals surface area contributed by atoms with Crippen LogP contribution in [0.1, 0.15) is 5.56 Å². The number of nitrogens with one attached hydrogen (secondary N) is 1. The molecule has 0 bridgehead atoms. The van der Waals surface area contributed by atoms with Gasteiger partial charge in [-0.05, 0) is 30.8 Å². The van der Waals surface area contributed by atoms with Crippen LogP contribution in [0.25, 0.3) is 6.08 Å². The van der Waals surface area contributed by atoms with Crippen LogP contribution in [0.4, 0.5) is 0 Å². The van der Waals surface area contributed by atoms with Crippen molar-refractivity contribution in [2.75, 3.05) is 14.2 Å². The van der Waals surface area contributed by atoms with E-state index < -0.39 is 16.0 Å². The fraction of sp³-hybridized carbons (Fsp3) is 0.182. The maximum Gasteiger partial charge on any atom is 0.328 e. The van der Waals surface area contributed by atoms with Crippen molar-refractivity contribution in [3.05, 3.63) is 29.8 Å². The Kier molecular flexibility index (Phi) is 4.46. The van der Waals surface area contributed by atoms with Crippen LogP contribution in [-0.4, -0.2) is 33.7 Å². The highest BCUT2D eigenvalue weighted by molar-refractivity contribution is 7.89. The second-order valence-electron chi connectivity index (χ2n) is 3.29. The summed E-state index contributed by atoms with van der Waals surface area (Å²) in [5.41, 5.74) is 0.451. The zero-order valence-corrected chi connectivity index (χ0v) is 10.7. The molecular weight excluding hydrogens is 258 g/mol. The van der Waals surface area contributed by atoms with Gasteiger partial charge in [0.15, 0.2) is 0 Å². The Morgan fingerprint density at radius 3 is 2.61 bits per heavy atom. The Hall–Kier alpha value is -1.86. The van der Waals surface area contributed by atoms with Gasteiger partial charge in [-0.2, -0.15) is 0 Å². The second kappa shape index (κ2) is 5.65. The molecule has 18 heavy (non-hydrogen) atoms. The van der Waals surface area contributed by atoms with Crippen molar-refractivity contribution < 1.29 is 23.1 Å². The van der Waals surface area contributed by atoms with Gasteiger partial charge in [0.1, 0.15) is 10.6 Å². The summed E-state index contributed by atoms with van der Waals surface area (Å²) in [5, 5.41) is 8.51. The molecule has 0 saturated heterocycles. The predicted octanol–water partition coefficient (Wildman–Crippen LogP) is 0.701. The number of benzene rings is 1. The first-order valence-corrected chi connectivity index (χ1v) is 6.41. The number of hydrogen-bond acceptors (Lipinski definition) is 4. The molecule has 0 atom stereocenters. The van der Waals surface area contributed by atoms with Crippen molar-refractivity contribution in [2.24, 2.45) is 0 Å². The first-order chi connectivity index (χ1) is 8.40. The summed E-state index contributed by atoms with van der Waals surface area (Å²) >= 11 is 0. The van der Waals surface area contributed by atoms with Gasteiger partial charge in [-0.25, -0.2) is 17.9 Å². The van der Waals surface area contributed by atoms with Crippen molar-refractivity contribution in [1.82, 2.24) is 4.72 Å². The van der Waals surface area contributed by atoms with E-state index in [1.807, 2.05) is 0 Å². The second-order valence-corrected chi connectivity index (χ2v) is 5.14. The molecule has 0 amide bonds. The van der Waals surface area contributed by atoms with E-state index in [0.29, 0.717) is 5.56 Å². The van der Waals surface area contributed by atoms with Crippen molar-refractivity contribution in [1.29, 1.82) is 0 Å². The van der Waals surface area contributed by atoms with Crippen LogP contribution >= 0.6 is 0 Å². The van der Waals surface area contributed by atoms with Gasteiger partial charge in [-0.3, -0.25) is 0 Å². The third-order valence-electron chi connectivity index (χ3n) is 2.16. The van der Waals surface area contributed by atoms with E-state index in [2.05, 4.69) is 4.72 Å². The average Bonchev–Trinajstić information content (AvgIpc) is 2.36. The van der Waals surface area contributed by atoms with Gasteiger partial charge >= 0.3 is 5.97 Å². The van der Waals surface area contributed by atoms with Gasteiger partial charge in [0, 0.05) is 6.08 Å². The molecule has 2 N–H and O–H groups in total. The standard InChI is InChI=1S/C11H13NO5S/c1-12-18(15,16)10-7-8(4-6-11(13)14)3-5-9(10)17-2/h3-7,12H,1-2H3,(H,13,14)/b6-4+. The topological polar surface area (TPSA) is 92.7 Å². The highest BCUT2D eigenvalue weighted by Crippen LogP contribution is 2.25. The molecule has 0 aliphatic carbocycles. The van der Waals surface area contributed by atoms with Gasteiger partial charge in [0.05, 0.1) is 7.11 Å². The van der Waals surface area contributed by atoms with E-state index in [4.69, 9.17) is 9.84 Å². The molecule has 1 rings (SSSR count). The summed E-state index contributed by atoms with van der Waals surface area (Å²) in [6.07, 6.45) is 2.23. The molecule has 7 heteroatoms. The lowest BCUT2D eigenvalue weighted by Gasteiger charge is -2.09. The molecule has 1 aromatic rings. The molecule has 0 spiro atoms. The van der Waals surface area contributed by atoms with Gasteiger partial charge in [0.25, 0.3) is 0 Å². The van der Waals surface area contributed by atoms with Crippen LogP contribution < -0.4 is 9.46 Å². The summed E-state index contributed by atoms with van der Waals surface area (Å²) in [6, 6.07) is 4.36. The third kappa shape index (κ3) is 3.31. The average molecular weight is 271 g/mol. The number of rotatable bonds is 5. The van der Waals surface area contributed by atoms with E-state index in [-0.39, 0.29) is 10.6 Å². The molecule has 0 radical (unpaired) electrons. The molecule has 0 aliphatic rings. The monoisotopic (exact) mass is 271 g/mol. The Morgan fingerprint density at radius 2 is 2.11 bits per heavy atom. The van der Waals surface area contributed by atoms with Crippen LogP contribution in [0.2, 0.25) is 0 Å². The highest BCUT2D eigenvalue weighted by atomic mass is 32.2. The zero-order valence-electron chi connectivity index (χ0n) is 9.88. The Balaban J connectivity index is 3.31. The zero-order chi connectivity index (χ0) is 13.8. The SMILES string of the molecule is CNS(=O)(=O)c1cc(/C=C/C(=O)O)ccc1OC. The smallest absolute Gasteiger partial charge is 0.328 e. The van der Waals surface area contributed by atoms with Crippen LogP contribution in [0, 0.1) is 0 Å². The molecule has 0 aliphatic heterocycles.